The lowest BCUT2D eigenvalue weighted by molar-refractivity contribution is -0.121. The first-order valence-corrected chi connectivity index (χ1v) is 10.2. The summed E-state index contributed by atoms with van der Waals surface area (Å²) in [5, 5.41) is 2.86. The second-order valence-electron chi connectivity index (χ2n) is 6.70. The molecule has 1 aliphatic heterocycles. The number of amides is 2. The molecule has 2 aromatic rings. The van der Waals surface area contributed by atoms with Gasteiger partial charge in [-0.2, -0.15) is 0 Å². The Morgan fingerprint density at radius 1 is 1.15 bits per heavy atom. The lowest BCUT2D eigenvalue weighted by Gasteiger charge is -2.22. The van der Waals surface area contributed by atoms with E-state index in [1.165, 1.54) is 12.1 Å². The molecular weight excluding hydrogens is 364 g/mol. The highest BCUT2D eigenvalue weighted by Gasteiger charge is 2.41. The molecule has 0 aliphatic carbocycles. The van der Waals surface area contributed by atoms with E-state index in [1.807, 2.05) is 39.0 Å². The van der Waals surface area contributed by atoms with Crippen LogP contribution in [0.5, 0.6) is 0 Å². The van der Waals surface area contributed by atoms with Gasteiger partial charge in [0.25, 0.3) is 15.9 Å². The Morgan fingerprint density at radius 3 is 2.48 bits per heavy atom. The molecule has 142 valence electrons. The van der Waals surface area contributed by atoms with E-state index in [0.29, 0.717) is 10.7 Å². The number of fused-ring (bicyclic) bond motifs is 1. The Kier molecular flexibility index (Phi) is 5.06. The van der Waals surface area contributed by atoms with E-state index in [2.05, 4.69) is 5.32 Å². The Balaban J connectivity index is 1.79. The molecule has 0 saturated heterocycles. The van der Waals surface area contributed by atoms with Crippen LogP contribution in [0.25, 0.3) is 0 Å². The zero-order valence-corrected chi connectivity index (χ0v) is 16.3. The van der Waals surface area contributed by atoms with E-state index < -0.39 is 28.4 Å². The highest BCUT2D eigenvalue weighted by atomic mass is 32.2. The lowest BCUT2D eigenvalue weighted by atomic mass is 9.97. The molecule has 1 atom stereocenters. The Bertz CT molecular complexity index is 1010. The van der Waals surface area contributed by atoms with Crippen LogP contribution in [0.4, 0.5) is 0 Å². The van der Waals surface area contributed by atoms with E-state index in [4.69, 9.17) is 0 Å². The van der Waals surface area contributed by atoms with Crippen LogP contribution in [0, 0.1) is 13.8 Å². The molecule has 6 nitrogen and oxygen atoms in total. The maximum Gasteiger partial charge on any atom is 0.269 e. The Morgan fingerprint density at radius 2 is 1.85 bits per heavy atom. The lowest BCUT2D eigenvalue weighted by Crippen LogP contribution is -2.41. The van der Waals surface area contributed by atoms with Crippen LogP contribution >= 0.6 is 0 Å². The van der Waals surface area contributed by atoms with Crippen LogP contribution in [0.2, 0.25) is 0 Å². The van der Waals surface area contributed by atoms with Gasteiger partial charge in [0.2, 0.25) is 5.91 Å². The fraction of sp³-hybridized carbons (Fsp3) is 0.300. The van der Waals surface area contributed by atoms with Crippen molar-refractivity contribution in [1.29, 1.82) is 0 Å². The number of sulfonamides is 1. The van der Waals surface area contributed by atoms with Crippen molar-refractivity contribution in [1.82, 2.24) is 9.62 Å². The van der Waals surface area contributed by atoms with Crippen molar-refractivity contribution in [2.45, 2.75) is 38.1 Å². The maximum atomic E-state index is 12.6. The Hall–Kier alpha value is -2.67. The summed E-state index contributed by atoms with van der Waals surface area (Å²) in [6.07, 6.45) is 0.649. The number of benzene rings is 2. The predicted molar refractivity (Wildman–Crippen MR) is 102 cm³/mol. The molecule has 2 aromatic carbocycles. The van der Waals surface area contributed by atoms with E-state index in [0.717, 1.165) is 16.7 Å². The van der Waals surface area contributed by atoms with Crippen molar-refractivity contribution in [3.63, 3.8) is 0 Å². The molecule has 0 fully saturated rings. The molecule has 2 amide bonds. The molecule has 0 saturated carbocycles. The van der Waals surface area contributed by atoms with Gasteiger partial charge in [0.15, 0.2) is 0 Å². The largest absolute Gasteiger partial charge is 0.348 e. The summed E-state index contributed by atoms with van der Waals surface area (Å²) in [7, 11) is -3.99. The summed E-state index contributed by atoms with van der Waals surface area (Å²) in [6.45, 7) is 5.38. The first kappa shape index (κ1) is 19.1. The van der Waals surface area contributed by atoms with Crippen LogP contribution in [-0.2, 0) is 14.8 Å². The number of carbonyl (C=O) groups is 2. The van der Waals surface area contributed by atoms with Crippen LogP contribution in [0.15, 0.2) is 47.4 Å². The van der Waals surface area contributed by atoms with Gasteiger partial charge in [0.05, 0.1) is 11.6 Å². The number of nitrogens with zero attached hydrogens (tertiary/aromatic N) is 1. The van der Waals surface area contributed by atoms with Crippen molar-refractivity contribution < 1.29 is 18.0 Å². The van der Waals surface area contributed by atoms with Gasteiger partial charge >= 0.3 is 0 Å². The molecule has 1 N–H and O–H groups in total. The average Bonchev–Trinajstić information content (AvgIpc) is 2.81. The molecule has 1 aliphatic rings. The standard InChI is InChI=1S/C20H22N2O4S/c1-4-17(15-10-9-13(2)11-14(15)3)21-19(23)12-22-20(24)16-7-5-6-8-18(16)27(22,25)26/h5-11,17H,4,12H2,1-3H3,(H,21,23). The van der Waals surface area contributed by atoms with E-state index in [-0.39, 0.29) is 16.5 Å². The molecule has 1 heterocycles. The topological polar surface area (TPSA) is 83.6 Å². The molecule has 27 heavy (non-hydrogen) atoms. The number of aryl methyl sites for hydroxylation is 2. The van der Waals surface area contributed by atoms with E-state index in [1.54, 1.807) is 12.1 Å². The average molecular weight is 386 g/mol. The fourth-order valence-electron chi connectivity index (χ4n) is 3.37. The van der Waals surface area contributed by atoms with Gasteiger partial charge in [-0.25, -0.2) is 12.7 Å². The zero-order chi connectivity index (χ0) is 19.8. The minimum Gasteiger partial charge on any atom is -0.348 e. The zero-order valence-electron chi connectivity index (χ0n) is 15.5. The van der Waals surface area contributed by atoms with Gasteiger partial charge in [0.1, 0.15) is 11.4 Å². The molecule has 7 heteroatoms. The third-order valence-corrected chi connectivity index (χ3v) is 6.53. The van der Waals surface area contributed by atoms with Gasteiger partial charge in [-0.1, -0.05) is 42.8 Å². The Labute approximate surface area is 159 Å². The molecule has 0 spiro atoms. The third-order valence-electron chi connectivity index (χ3n) is 4.74. The maximum absolute atomic E-state index is 12.6. The summed E-state index contributed by atoms with van der Waals surface area (Å²) >= 11 is 0. The third kappa shape index (κ3) is 3.47. The fourth-order valence-corrected chi connectivity index (χ4v) is 4.90. The van der Waals surface area contributed by atoms with Crippen LogP contribution in [0.3, 0.4) is 0 Å². The molecule has 0 radical (unpaired) electrons. The second kappa shape index (κ2) is 7.15. The smallest absolute Gasteiger partial charge is 0.269 e. The normalized spacial score (nSPS) is 16.1. The summed E-state index contributed by atoms with van der Waals surface area (Å²) in [6, 6.07) is 11.7. The van der Waals surface area contributed by atoms with Crippen molar-refractivity contribution in [3.05, 3.63) is 64.7 Å². The van der Waals surface area contributed by atoms with Crippen LogP contribution in [-0.4, -0.2) is 31.1 Å². The molecule has 1 unspecified atom stereocenters. The van der Waals surface area contributed by atoms with Crippen molar-refractivity contribution in [2.75, 3.05) is 6.54 Å². The van der Waals surface area contributed by atoms with Gasteiger partial charge in [-0.05, 0) is 43.5 Å². The van der Waals surface area contributed by atoms with E-state index in [9.17, 15) is 18.0 Å². The molecule has 3 rings (SSSR count). The second-order valence-corrected chi connectivity index (χ2v) is 8.53. The number of carbonyl (C=O) groups excluding carboxylic acids is 2. The van der Waals surface area contributed by atoms with Gasteiger partial charge in [-0.3, -0.25) is 9.59 Å². The molecular formula is C20H22N2O4S. The minimum absolute atomic E-state index is 0.0516. The van der Waals surface area contributed by atoms with Crippen molar-refractivity contribution >= 4 is 21.8 Å². The highest BCUT2D eigenvalue weighted by molar-refractivity contribution is 7.90. The number of hydrogen-bond donors (Lipinski definition) is 1. The number of nitrogens with one attached hydrogen (secondary N) is 1. The quantitative estimate of drug-likeness (QED) is 0.856. The summed E-state index contributed by atoms with van der Waals surface area (Å²) in [5.74, 6) is -1.17. The molecule has 0 bridgehead atoms. The van der Waals surface area contributed by atoms with Crippen LogP contribution in [0.1, 0.15) is 46.4 Å². The van der Waals surface area contributed by atoms with Crippen molar-refractivity contribution in [3.8, 4) is 0 Å². The van der Waals surface area contributed by atoms with Crippen LogP contribution < -0.4 is 5.32 Å². The summed E-state index contributed by atoms with van der Waals surface area (Å²) in [4.78, 5) is 24.9. The summed E-state index contributed by atoms with van der Waals surface area (Å²) < 4.78 is 25.8. The van der Waals surface area contributed by atoms with Gasteiger partial charge < -0.3 is 5.32 Å². The highest BCUT2D eigenvalue weighted by Crippen LogP contribution is 2.29. The summed E-state index contributed by atoms with van der Waals surface area (Å²) in [5.41, 5.74) is 3.27. The monoisotopic (exact) mass is 386 g/mol. The number of rotatable bonds is 5. The molecule has 0 aromatic heterocycles. The van der Waals surface area contributed by atoms with Crippen molar-refractivity contribution in [2.24, 2.45) is 0 Å². The van der Waals surface area contributed by atoms with E-state index >= 15 is 0 Å². The predicted octanol–water partition coefficient (Wildman–Crippen LogP) is 2.72. The first-order chi connectivity index (χ1) is 12.8. The number of hydrogen-bond acceptors (Lipinski definition) is 4. The first-order valence-electron chi connectivity index (χ1n) is 8.78. The van der Waals surface area contributed by atoms with Gasteiger partial charge in [-0.15, -0.1) is 0 Å². The van der Waals surface area contributed by atoms with Gasteiger partial charge in [0, 0.05) is 0 Å². The minimum atomic E-state index is -3.99. The SMILES string of the molecule is CCC(NC(=O)CN1C(=O)c2ccccc2S1(=O)=O)c1ccc(C)cc1C.